The second kappa shape index (κ2) is 6.34. The number of aromatic nitrogens is 1. The van der Waals surface area contributed by atoms with E-state index in [-0.39, 0.29) is 12.0 Å². The molecule has 1 aliphatic carbocycles. The smallest absolute Gasteiger partial charge is 0.346 e. The number of aromatic carboxylic acids is 1. The number of fused-ring (bicyclic) bond motifs is 1. The van der Waals surface area contributed by atoms with Gasteiger partial charge in [0, 0.05) is 11.6 Å². The number of hydrogen-bond acceptors (Lipinski definition) is 4. The van der Waals surface area contributed by atoms with Gasteiger partial charge in [-0.2, -0.15) is 0 Å². The molecule has 1 N–H and O–H groups in total. The number of hydrogen-bond donors (Lipinski definition) is 1. The Hall–Kier alpha value is -2.24. The molecular formula is C19H17NO3S. The summed E-state index contributed by atoms with van der Waals surface area (Å²) in [6, 6.07) is 13.9. The van der Waals surface area contributed by atoms with Crippen LogP contribution >= 0.6 is 11.3 Å². The van der Waals surface area contributed by atoms with Gasteiger partial charge < -0.3 is 9.84 Å². The SMILES string of the molecule is O=C(O)c1sc2ncccc2c1C1CC(OCc2ccccc2)C1. The first-order chi connectivity index (χ1) is 11.7. The molecule has 1 aromatic carbocycles. The fourth-order valence-corrected chi connectivity index (χ4v) is 4.31. The van der Waals surface area contributed by atoms with Crippen molar-refractivity contribution in [2.45, 2.75) is 31.5 Å². The molecule has 0 spiro atoms. The van der Waals surface area contributed by atoms with E-state index in [4.69, 9.17) is 4.74 Å². The summed E-state index contributed by atoms with van der Waals surface area (Å²) in [5, 5.41) is 10.5. The van der Waals surface area contributed by atoms with Crippen LogP contribution in [0.3, 0.4) is 0 Å². The predicted molar refractivity (Wildman–Crippen MR) is 93.6 cm³/mol. The predicted octanol–water partition coefficient (Wildman–Crippen LogP) is 4.46. The highest BCUT2D eigenvalue weighted by molar-refractivity contribution is 7.20. The monoisotopic (exact) mass is 339 g/mol. The molecule has 1 saturated carbocycles. The second-order valence-corrected chi connectivity index (χ2v) is 7.09. The van der Waals surface area contributed by atoms with Crippen LogP contribution in [0.25, 0.3) is 10.2 Å². The number of carbonyl (C=O) groups is 1. The zero-order valence-corrected chi connectivity index (χ0v) is 13.8. The fraction of sp³-hybridized carbons (Fsp3) is 0.263. The molecule has 0 saturated heterocycles. The largest absolute Gasteiger partial charge is 0.477 e. The summed E-state index contributed by atoms with van der Waals surface area (Å²) in [7, 11) is 0. The third-order valence-corrected chi connectivity index (χ3v) is 5.65. The summed E-state index contributed by atoms with van der Waals surface area (Å²) in [6.45, 7) is 0.607. The van der Waals surface area contributed by atoms with Gasteiger partial charge in [0.05, 0.1) is 12.7 Å². The Morgan fingerprint density at radius 1 is 1.21 bits per heavy atom. The molecule has 1 fully saturated rings. The molecule has 2 aromatic heterocycles. The maximum absolute atomic E-state index is 11.6. The van der Waals surface area contributed by atoms with Crippen molar-refractivity contribution >= 4 is 27.5 Å². The van der Waals surface area contributed by atoms with E-state index in [1.807, 2.05) is 30.3 Å². The number of carboxylic acids is 1. The lowest BCUT2D eigenvalue weighted by molar-refractivity contribution is -0.0206. The average Bonchev–Trinajstić information content (AvgIpc) is 2.94. The number of nitrogens with zero attached hydrogens (tertiary/aromatic N) is 1. The van der Waals surface area contributed by atoms with E-state index >= 15 is 0 Å². The molecular weight excluding hydrogens is 322 g/mol. The number of carboxylic acid groups (broad SMARTS) is 1. The molecule has 24 heavy (non-hydrogen) atoms. The molecule has 4 rings (SSSR count). The molecule has 2 heterocycles. The van der Waals surface area contributed by atoms with E-state index in [1.54, 1.807) is 6.20 Å². The zero-order valence-electron chi connectivity index (χ0n) is 13.0. The van der Waals surface area contributed by atoms with Crippen molar-refractivity contribution < 1.29 is 14.6 Å². The van der Waals surface area contributed by atoms with Crippen LogP contribution in [0.5, 0.6) is 0 Å². The van der Waals surface area contributed by atoms with E-state index in [0.717, 1.165) is 34.2 Å². The molecule has 5 heteroatoms. The van der Waals surface area contributed by atoms with Crippen LogP contribution < -0.4 is 0 Å². The lowest BCUT2D eigenvalue weighted by Crippen LogP contribution is -2.30. The van der Waals surface area contributed by atoms with Gasteiger partial charge in [-0.3, -0.25) is 0 Å². The third kappa shape index (κ3) is 2.81. The van der Waals surface area contributed by atoms with Crippen molar-refractivity contribution in [3.8, 4) is 0 Å². The number of pyridine rings is 1. The average molecular weight is 339 g/mol. The minimum Gasteiger partial charge on any atom is -0.477 e. The lowest BCUT2D eigenvalue weighted by atomic mass is 9.76. The van der Waals surface area contributed by atoms with Gasteiger partial charge in [0.15, 0.2) is 0 Å². The Kier molecular flexibility index (Phi) is 4.04. The van der Waals surface area contributed by atoms with Gasteiger partial charge in [0.1, 0.15) is 9.71 Å². The van der Waals surface area contributed by atoms with Gasteiger partial charge in [-0.25, -0.2) is 9.78 Å². The van der Waals surface area contributed by atoms with Crippen LogP contribution in [0.1, 0.15) is 39.6 Å². The van der Waals surface area contributed by atoms with Crippen molar-refractivity contribution in [3.63, 3.8) is 0 Å². The van der Waals surface area contributed by atoms with Gasteiger partial charge in [-0.1, -0.05) is 36.4 Å². The van der Waals surface area contributed by atoms with Crippen molar-refractivity contribution in [3.05, 3.63) is 64.7 Å². The molecule has 0 bridgehead atoms. The van der Waals surface area contributed by atoms with E-state index in [0.29, 0.717) is 11.5 Å². The topological polar surface area (TPSA) is 59.4 Å². The first-order valence-corrected chi connectivity index (χ1v) is 8.80. The number of ether oxygens (including phenoxy) is 1. The first kappa shape index (κ1) is 15.3. The van der Waals surface area contributed by atoms with Crippen molar-refractivity contribution in [2.24, 2.45) is 0 Å². The van der Waals surface area contributed by atoms with Gasteiger partial charge in [-0.05, 0) is 36.0 Å². The van der Waals surface area contributed by atoms with Crippen LogP contribution in [0.15, 0.2) is 48.7 Å². The van der Waals surface area contributed by atoms with E-state index in [2.05, 4.69) is 17.1 Å². The Morgan fingerprint density at radius 3 is 2.75 bits per heavy atom. The third-order valence-electron chi connectivity index (χ3n) is 4.53. The Morgan fingerprint density at radius 2 is 2.00 bits per heavy atom. The Labute approximate surface area is 143 Å². The molecule has 122 valence electrons. The maximum atomic E-state index is 11.6. The summed E-state index contributed by atoms with van der Waals surface area (Å²) in [5.41, 5.74) is 2.10. The lowest BCUT2D eigenvalue weighted by Gasteiger charge is -2.35. The molecule has 0 radical (unpaired) electrons. The quantitative estimate of drug-likeness (QED) is 0.746. The Balaban J connectivity index is 1.48. The standard InChI is InChI=1S/C19H17NO3S/c21-19(22)17-16(15-7-4-8-20-18(15)24-17)13-9-14(10-13)23-11-12-5-2-1-3-6-12/h1-8,13-14H,9-11H2,(H,21,22). The van der Waals surface area contributed by atoms with Crippen molar-refractivity contribution in [1.29, 1.82) is 0 Å². The molecule has 1 aliphatic rings. The zero-order chi connectivity index (χ0) is 16.5. The van der Waals surface area contributed by atoms with E-state index in [1.165, 1.54) is 11.3 Å². The van der Waals surface area contributed by atoms with Crippen molar-refractivity contribution in [1.82, 2.24) is 4.98 Å². The van der Waals surface area contributed by atoms with E-state index in [9.17, 15) is 9.90 Å². The van der Waals surface area contributed by atoms with E-state index < -0.39 is 5.97 Å². The maximum Gasteiger partial charge on any atom is 0.346 e. The van der Waals surface area contributed by atoms with Gasteiger partial charge in [0.25, 0.3) is 0 Å². The molecule has 0 atom stereocenters. The summed E-state index contributed by atoms with van der Waals surface area (Å²) in [4.78, 5) is 17.1. The Bertz CT molecular complexity index is 869. The normalized spacial score (nSPS) is 20.0. The summed E-state index contributed by atoms with van der Waals surface area (Å²) < 4.78 is 5.95. The number of benzene rings is 1. The minimum absolute atomic E-state index is 0.198. The minimum atomic E-state index is -0.860. The molecule has 0 aliphatic heterocycles. The van der Waals surface area contributed by atoms with Gasteiger partial charge in [-0.15, -0.1) is 11.3 Å². The van der Waals surface area contributed by atoms with Gasteiger partial charge in [0.2, 0.25) is 0 Å². The first-order valence-electron chi connectivity index (χ1n) is 7.98. The molecule has 4 nitrogen and oxygen atoms in total. The molecule has 0 amide bonds. The molecule has 3 aromatic rings. The second-order valence-electron chi connectivity index (χ2n) is 6.09. The van der Waals surface area contributed by atoms with Crippen molar-refractivity contribution in [2.75, 3.05) is 0 Å². The number of rotatable bonds is 5. The number of thiophene rings is 1. The summed E-state index contributed by atoms with van der Waals surface area (Å²) in [5.74, 6) is -0.614. The van der Waals surface area contributed by atoms with Gasteiger partial charge >= 0.3 is 5.97 Å². The van der Waals surface area contributed by atoms with Crippen LogP contribution in [-0.4, -0.2) is 22.2 Å². The summed E-state index contributed by atoms with van der Waals surface area (Å²) in [6.07, 6.45) is 3.64. The van der Waals surface area contributed by atoms with Crippen LogP contribution in [-0.2, 0) is 11.3 Å². The van der Waals surface area contributed by atoms with Crippen LogP contribution in [0.2, 0.25) is 0 Å². The van der Waals surface area contributed by atoms with Crippen LogP contribution in [0.4, 0.5) is 0 Å². The fourth-order valence-electron chi connectivity index (χ4n) is 3.24. The highest BCUT2D eigenvalue weighted by Crippen LogP contribution is 2.45. The highest BCUT2D eigenvalue weighted by atomic mass is 32.1. The highest BCUT2D eigenvalue weighted by Gasteiger charge is 2.36. The van der Waals surface area contributed by atoms with Crippen LogP contribution in [0, 0.1) is 0 Å². The summed E-state index contributed by atoms with van der Waals surface area (Å²) >= 11 is 1.27. The molecule has 0 unspecified atom stereocenters.